The van der Waals surface area contributed by atoms with Crippen molar-refractivity contribution in [3.63, 3.8) is 0 Å². The first kappa shape index (κ1) is 20.3. The van der Waals surface area contributed by atoms with Crippen LogP contribution in [-0.4, -0.2) is 30.8 Å². The van der Waals surface area contributed by atoms with Gasteiger partial charge in [-0.3, -0.25) is 14.4 Å². The standard InChI is InChI=1S/C25H23N3O3/c1-17(29)28-14-13-21-15-22(11-12-23(21)28)27-24(30)16-26-25(31)20-9-7-19(8-10-20)18-5-3-2-4-6-18/h2-12,15H,13-14,16H2,1H3,(H,26,31)(H,27,30). The van der Waals surface area contributed by atoms with E-state index in [1.165, 1.54) is 0 Å². The largest absolute Gasteiger partial charge is 0.343 e. The van der Waals surface area contributed by atoms with Crippen LogP contribution in [0.3, 0.4) is 0 Å². The number of fused-ring (bicyclic) bond motifs is 1. The summed E-state index contributed by atoms with van der Waals surface area (Å²) >= 11 is 0. The molecule has 0 aliphatic carbocycles. The minimum absolute atomic E-state index is 0.00930. The van der Waals surface area contributed by atoms with Gasteiger partial charge in [0.2, 0.25) is 11.8 Å². The Hall–Kier alpha value is -3.93. The molecule has 0 saturated heterocycles. The summed E-state index contributed by atoms with van der Waals surface area (Å²) in [5, 5.41) is 5.44. The molecular formula is C25H23N3O3. The van der Waals surface area contributed by atoms with Gasteiger partial charge in [0.15, 0.2) is 0 Å². The second-order valence-electron chi connectivity index (χ2n) is 7.44. The van der Waals surface area contributed by atoms with Crippen LogP contribution >= 0.6 is 0 Å². The number of carbonyl (C=O) groups excluding carboxylic acids is 3. The minimum Gasteiger partial charge on any atom is -0.343 e. The first-order valence-corrected chi connectivity index (χ1v) is 10.2. The van der Waals surface area contributed by atoms with Gasteiger partial charge < -0.3 is 15.5 Å². The predicted octanol–water partition coefficient (Wildman–Crippen LogP) is 3.63. The summed E-state index contributed by atoms with van der Waals surface area (Å²) in [5.41, 5.74) is 5.16. The van der Waals surface area contributed by atoms with E-state index in [0.717, 1.165) is 28.8 Å². The van der Waals surface area contributed by atoms with Crippen molar-refractivity contribution in [3.05, 3.63) is 83.9 Å². The monoisotopic (exact) mass is 413 g/mol. The van der Waals surface area contributed by atoms with Crippen LogP contribution in [0.5, 0.6) is 0 Å². The maximum atomic E-state index is 12.4. The first-order chi connectivity index (χ1) is 15.0. The van der Waals surface area contributed by atoms with Crippen LogP contribution in [0.1, 0.15) is 22.8 Å². The van der Waals surface area contributed by atoms with Crippen molar-refractivity contribution in [2.45, 2.75) is 13.3 Å². The second-order valence-corrected chi connectivity index (χ2v) is 7.44. The topological polar surface area (TPSA) is 78.5 Å². The Morgan fingerprint density at radius 1 is 0.903 bits per heavy atom. The minimum atomic E-state index is -0.310. The molecule has 1 aliphatic rings. The highest BCUT2D eigenvalue weighted by molar-refractivity contribution is 6.00. The second kappa shape index (κ2) is 8.83. The van der Waals surface area contributed by atoms with Gasteiger partial charge in [-0.1, -0.05) is 42.5 Å². The van der Waals surface area contributed by atoms with Crippen LogP contribution in [-0.2, 0) is 16.0 Å². The highest BCUT2D eigenvalue weighted by Gasteiger charge is 2.22. The molecule has 3 aromatic carbocycles. The van der Waals surface area contributed by atoms with Crippen LogP contribution in [0, 0.1) is 0 Å². The van der Waals surface area contributed by atoms with E-state index in [9.17, 15) is 14.4 Å². The van der Waals surface area contributed by atoms with E-state index >= 15 is 0 Å². The van der Waals surface area contributed by atoms with Crippen LogP contribution in [0.15, 0.2) is 72.8 Å². The van der Waals surface area contributed by atoms with E-state index in [0.29, 0.717) is 17.8 Å². The lowest BCUT2D eigenvalue weighted by Crippen LogP contribution is -2.32. The molecule has 0 saturated carbocycles. The molecule has 3 aromatic rings. The highest BCUT2D eigenvalue weighted by Crippen LogP contribution is 2.30. The Balaban J connectivity index is 1.32. The summed E-state index contributed by atoms with van der Waals surface area (Å²) in [4.78, 5) is 38.0. The fraction of sp³-hybridized carbons (Fsp3) is 0.160. The van der Waals surface area contributed by atoms with Gasteiger partial charge in [-0.15, -0.1) is 0 Å². The predicted molar refractivity (Wildman–Crippen MR) is 121 cm³/mol. The summed E-state index contributed by atoms with van der Waals surface area (Å²) in [6, 6.07) is 22.7. The van der Waals surface area contributed by atoms with Crippen molar-refractivity contribution >= 4 is 29.1 Å². The molecule has 0 fully saturated rings. The lowest BCUT2D eigenvalue weighted by molar-refractivity contribution is -0.116. The summed E-state index contributed by atoms with van der Waals surface area (Å²) in [5.74, 6) is -0.605. The van der Waals surface area contributed by atoms with Gasteiger partial charge in [-0.2, -0.15) is 0 Å². The van der Waals surface area contributed by atoms with Gasteiger partial charge in [0, 0.05) is 30.4 Å². The maximum Gasteiger partial charge on any atom is 0.251 e. The molecule has 6 nitrogen and oxygen atoms in total. The lowest BCUT2D eigenvalue weighted by atomic mass is 10.0. The molecule has 0 aromatic heterocycles. The Labute approximate surface area is 180 Å². The maximum absolute atomic E-state index is 12.4. The van der Waals surface area contributed by atoms with E-state index < -0.39 is 0 Å². The third-order valence-electron chi connectivity index (χ3n) is 5.30. The molecule has 0 atom stereocenters. The Kier molecular flexibility index (Phi) is 5.80. The molecule has 1 aliphatic heterocycles. The average Bonchev–Trinajstić information content (AvgIpc) is 3.22. The summed E-state index contributed by atoms with van der Waals surface area (Å²) in [6.45, 7) is 2.07. The fourth-order valence-corrected chi connectivity index (χ4v) is 3.72. The molecule has 0 bridgehead atoms. The number of carbonyl (C=O) groups is 3. The van der Waals surface area contributed by atoms with Crippen molar-refractivity contribution in [1.29, 1.82) is 0 Å². The third kappa shape index (κ3) is 4.64. The van der Waals surface area contributed by atoms with Gasteiger partial charge in [-0.25, -0.2) is 0 Å². The van der Waals surface area contributed by atoms with Crippen molar-refractivity contribution in [1.82, 2.24) is 5.32 Å². The van der Waals surface area contributed by atoms with E-state index in [1.807, 2.05) is 54.6 Å². The number of rotatable bonds is 5. The lowest BCUT2D eigenvalue weighted by Gasteiger charge is -2.15. The molecule has 4 rings (SSSR count). The van der Waals surface area contributed by atoms with E-state index in [-0.39, 0.29) is 24.3 Å². The SMILES string of the molecule is CC(=O)N1CCc2cc(NC(=O)CNC(=O)c3ccc(-c4ccccc4)cc3)ccc21. The number of nitrogens with one attached hydrogen (secondary N) is 2. The molecular weight excluding hydrogens is 390 g/mol. The normalized spacial score (nSPS) is 12.2. The van der Waals surface area contributed by atoms with Crippen LogP contribution < -0.4 is 15.5 Å². The van der Waals surface area contributed by atoms with E-state index in [1.54, 1.807) is 30.0 Å². The fourth-order valence-electron chi connectivity index (χ4n) is 3.72. The van der Waals surface area contributed by atoms with E-state index in [2.05, 4.69) is 10.6 Å². The number of hydrogen-bond donors (Lipinski definition) is 2. The molecule has 0 spiro atoms. The van der Waals surface area contributed by atoms with Crippen molar-refractivity contribution in [2.24, 2.45) is 0 Å². The number of anilines is 2. The van der Waals surface area contributed by atoms with Gasteiger partial charge in [0.05, 0.1) is 6.54 Å². The number of nitrogens with zero attached hydrogens (tertiary/aromatic N) is 1. The van der Waals surface area contributed by atoms with Gasteiger partial charge >= 0.3 is 0 Å². The summed E-state index contributed by atoms with van der Waals surface area (Å²) in [6.07, 6.45) is 0.758. The van der Waals surface area contributed by atoms with Crippen molar-refractivity contribution < 1.29 is 14.4 Å². The Bertz CT molecular complexity index is 1120. The highest BCUT2D eigenvalue weighted by atomic mass is 16.2. The van der Waals surface area contributed by atoms with Gasteiger partial charge in [-0.05, 0) is 53.4 Å². The summed E-state index contributed by atoms with van der Waals surface area (Å²) < 4.78 is 0. The average molecular weight is 413 g/mol. The van der Waals surface area contributed by atoms with Gasteiger partial charge in [0.1, 0.15) is 0 Å². The smallest absolute Gasteiger partial charge is 0.251 e. The van der Waals surface area contributed by atoms with Gasteiger partial charge in [0.25, 0.3) is 5.91 Å². The molecule has 3 amide bonds. The number of hydrogen-bond acceptors (Lipinski definition) is 3. The molecule has 0 unspecified atom stereocenters. The van der Waals surface area contributed by atoms with Crippen LogP contribution in [0.25, 0.3) is 11.1 Å². The van der Waals surface area contributed by atoms with Crippen molar-refractivity contribution in [2.75, 3.05) is 23.3 Å². The Morgan fingerprint density at radius 2 is 1.61 bits per heavy atom. The third-order valence-corrected chi connectivity index (χ3v) is 5.30. The number of benzene rings is 3. The molecule has 0 radical (unpaired) electrons. The zero-order valence-corrected chi connectivity index (χ0v) is 17.2. The molecule has 1 heterocycles. The first-order valence-electron chi connectivity index (χ1n) is 10.2. The molecule has 156 valence electrons. The van der Waals surface area contributed by atoms with Crippen LogP contribution in [0.4, 0.5) is 11.4 Å². The molecule has 6 heteroatoms. The quantitative estimate of drug-likeness (QED) is 0.670. The van der Waals surface area contributed by atoms with E-state index in [4.69, 9.17) is 0 Å². The number of amides is 3. The van der Waals surface area contributed by atoms with Crippen molar-refractivity contribution in [3.8, 4) is 11.1 Å². The Morgan fingerprint density at radius 3 is 2.32 bits per heavy atom. The zero-order valence-electron chi connectivity index (χ0n) is 17.2. The molecule has 2 N–H and O–H groups in total. The molecule has 31 heavy (non-hydrogen) atoms. The van der Waals surface area contributed by atoms with Crippen LogP contribution in [0.2, 0.25) is 0 Å². The summed E-state index contributed by atoms with van der Waals surface area (Å²) in [7, 11) is 0. The zero-order chi connectivity index (χ0) is 21.8.